The van der Waals surface area contributed by atoms with E-state index in [-0.39, 0.29) is 5.91 Å². The first-order valence-electron chi connectivity index (χ1n) is 8.63. The second-order valence-corrected chi connectivity index (χ2v) is 7.62. The van der Waals surface area contributed by atoms with Crippen LogP contribution in [0.4, 0.5) is 0 Å². The molecule has 0 bridgehead atoms. The van der Waals surface area contributed by atoms with Crippen molar-refractivity contribution in [3.63, 3.8) is 0 Å². The Kier molecular flexibility index (Phi) is 6.03. The van der Waals surface area contributed by atoms with Gasteiger partial charge in [-0.05, 0) is 31.1 Å². The number of hydrogen-bond donors (Lipinski definition) is 2. The van der Waals surface area contributed by atoms with Gasteiger partial charge in [-0.25, -0.2) is 0 Å². The highest BCUT2D eigenvalue weighted by Gasteiger charge is 2.42. The molecule has 0 aliphatic heterocycles. The first-order valence-corrected chi connectivity index (χ1v) is 9.03. The van der Waals surface area contributed by atoms with Crippen LogP contribution in [-0.4, -0.2) is 17.4 Å². The Hall–Kier alpha value is -0.640. The van der Waals surface area contributed by atoms with Crippen molar-refractivity contribution in [2.45, 2.75) is 71.1 Å². The van der Waals surface area contributed by atoms with Crippen LogP contribution in [0.1, 0.15) is 71.1 Å². The average molecular weight is 311 g/mol. The lowest BCUT2D eigenvalue weighted by molar-refractivity contribution is -0.128. The summed E-state index contributed by atoms with van der Waals surface area (Å²) in [5.74, 6) is 1.75. The monoisotopic (exact) mass is 310 g/mol. The van der Waals surface area contributed by atoms with Crippen molar-refractivity contribution in [2.24, 2.45) is 23.0 Å². The molecule has 120 valence electrons. The van der Waals surface area contributed by atoms with Crippen molar-refractivity contribution in [2.75, 3.05) is 6.54 Å². The van der Waals surface area contributed by atoms with Crippen LogP contribution < -0.4 is 11.1 Å². The number of nitrogens with two attached hydrogens (primary N) is 1. The maximum absolute atomic E-state index is 12.6. The van der Waals surface area contributed by atoms with E-state index in [9.17, 15) is 4.79 Å². The maximum Gasteiger partial charge on any atom is 0.233 e. The molecule has 1 amide bonds. The largest absolute Gasteiger partial charge is 0.392 e. The molecular weight excluding hydrogens is 280 g/mol. The summed E-state index contributed by atoms with van der Waals surface area (Å²) in [7, 11) is 0. The lowest BCUT2D eigenvalue weighted by atomic mass is 9.73. The fourth-order valence-corrected chi connectivity index (χ4v) is 4.21. The number of carbonyl (C=O) groups excluding carboxylic acids is 1. The molecular formula is C17H30N2OS. The van der Waals surface area contributed by atoms with Crippen LogP contribution in [0, 0.1) is 17.3 Å². The summed E-state index contributed by atoms with van der Waals surface area (Å²) in [4.78, 5) is 13.0. The Morgan fingerprint density at radius 1 is 1.19 bits per heavy atom. The number of amides is 1. The van der Waals surface area contributed by atoms with Crippen LogP contribution in [0.15, 0.2) is 0 Å². The molecule has 0 heterocycles. The summed E-state index contributed by atoms with van der Waals surface area (Å²) in [5.41, 5.74) is 5.34. The fourth-order valence-electron chi connectivity index (χ4n) is 3.92. The lowest BCUT2D eigenvalue weighted by Crippen LogP contribution is -2.50. The highest BCUT2D eigenvalue weighted by molar-refractivity contribution is 7.80. The topological polar surface area (TPSA) is 55.1 Å². The average Bonchev–Trinajstić information content (AvgIpc) is 2.49. The van der Waals surface area contributed by atoms with Gasteiger partial charge in [-0.15, -0.1) is 0 Å². The third kappa shape index (κ3) is 4.18. The Balaban J connectivity index is 1.78. The second kappa shape index (κ2) is 7.57. The number of thiocarbonyl (C=S) groups is 1. The van der Waals surface area contributed by atoms with Gasteiger partial charge in [0.15, 0.2) is 0 Å². The molecule has 2 aliphatic rings. The van der Waals surface area contributed by atoms with Gasteiger partial charge in [0.25, 0.3) is 0 Å². The highest BCUT2D eigenvalue weighted by atomic mass is 32.1. The van der Waals surface area contributed by atoms with E-state index in [1.165, 1.54) is 32.1 Å². The van der Waals surface area contributed by atoms with E-state index >= 15 is 0 Å². The zero-order valence-corrected chi connectivity index (χ0v) is 14.1. The molecule has 0 atom stereocenters. The minimum atomic E-state index is -0.561. The standard InChI is InChI=1S/C17H30N2OS/c1-13-5-7-14(8-6-13)9-12-19-16(20)17(15(18)21)10-3-2-4-11-17/h13-14H,2-12H2,1H3,(H2,18,21)(H,19,20). The predicted octanol–water partition coefficient (Wildman–Crippen LogP) is 3.56. The minimum Gasteiger partial charge on any atom is -0.392 e. The zero-order valence-electron chi connectivity index (χ0n) is 13.3. The molecule has 2 aliphatic carbocycles. The summed E-state index contributed by atoms with van der Waals surface area (Å²) >= 11 is 5.21. The molecule has 3 nitrogen and oxygen atoms in total. The Morgan fingerprint density at radius 2 is 1.81 bits per heavy atom. The fraction of sp³-hybridized carbons (Fsp3) is 0.882. The van der Waals surface area contributed by atoms with Gasteiger partial charge in [0.05, 0.1) is 10.4 Å². The Morgan fingerprint density at radius 3 is 2.38 bits per heavy atom. The molecule has 0 aromatic heterocycles. The van der Waals surface area contributed by atoms with Gasteiger partial charge in [0, 0.05) is 6.54 Å². The van der Waals surface area contributed by atoms with Crippen LogP contribution >= 0.6 is 12.2 Å². The van der Waals surface area contributed by atoms with E-state index in [1.54, 1.807) is 0 Å². The summed E-state index contributed by atoms with van der Waals surface area (Å²) in [6.45, 7) is 3.12. The number of nitrogens with one attached hydrogen (secondary N) is 1. The third-order valence-electron chi connectivity index (χ3n) is 5.59. The third-order valence-corrected chi connectivity index (χ3v) is 5.98. The molecule has 0 unspecified atom stereocenters. The normalized spacial score (nSPS) is 28.8. The predicted molar refractivity (Wildman–Crippen MR) is 91.1 cm³/mol. The summed E-state index contributed by atoms with van der Waals surface area (Å²) in [6.07, 6.45) is 11.4. The minimum absolute atomic E-state index is 0.0823. The molecule has 4 heteroatoms. The van der Waals surface area contributed by atoms with Gasteiger partial charge >= 0.3 is 0 Å². The van der Waals surface area contributed by atoms with E-state index in [0.29, 0.717) is 4.99 Å². The quantitative estimate of drug-likeness (QED) is 0.763. The van der Waals surface area contributed by atoms with Gasteiger partial charge in [-0.3, -0.25) is 4.79 Å². The first-order chi connectivity index (χ1) is 10.0. The first kappa shape index (κ1) is 16.7. The van der Waals surface area contributed by atoms with Gasteiger partial charge in [-0.2, -0.15) is 0 Å². The second-order valence-electron chi connectivity index (χ2n) is 7.18. The molecule has 2 rings (SSSR count). The molecule has 2 fully saturated rings. The van der Waals surface area contributed by atoms with Crippen molar-refractivity contribution in [3.05, 3.63) is 0 Å². The molecule has 3 N–H and O–H groups in total. The van der Waals surface area contributed by atoms with Crippen LogP contribution in [0.5, 0.6) is 0 Å². The number of carbonyl (C=O) groups is 1. The number of hydrogen-bond acceptors (Lipinski definition) is 2. The van der Waals surface area contributed by atoms with Crippen LogP contribution in [0.3, 0.4) is 0 Å². The summed E-state index contributed by atoms with van der Waals surface area (Å²) in [6, 6.07) is 0. The van der Waals surface area contributed by atoms with Crippen molar-refractivity contribution < 1.29 is 4.79 Å². The maximum atomic E-state index is 12.6. The van der Waals surface area contributed by atoms with Crippen LogP contribution in [0.2, 0.25) is 0 Å². The van der Waals surface area contributed by atoms with Crippen LogP contribution in [0.25, 0.3) is 0 Å². The van der Waals surface area contributed by atoms with Gasteiger partial charge in [-0.1, -0.05) is 64.1 Å². The van der Waals surface area contributed by atoms with Crippen LogP contribution in [-0.2, 0) is 4.79 Å². The van der Waals surface area contributed by atoms with E-state index in [4.69, 9.17) is 18.0 Å². The Labute approximate surface area is 134 Å². The van der Waals surface area contributed by atoms with Crippen molar-refractivity contribution in [3.8, 4) is 0 Å². The van der Waals surface area contributed by atoms with Crippen molar-refractivity contribution in [1.82, 2.24) is 5.32 Å². The molecule has 0 aromatic carbocycles. The summed E-state index contributed by atoms with van der Waals surface area (Å²) < 4.78 is 0. The Bertz CT molecular complexity index is 369. The summed E-state index contributed by atoms with van der Waals surface area (Å²) in [5, 5.41) is 3.13. The van der Waals surface area contributed by atoms with Gasteiger partial charge < -0.3 is 11.1 Å². The molecule has 0 spiro atoms. The van der Waals surface area contributed by atoms with E-state index in [1.807, 2.05) is 0 Å². The zero-order chi connectivity index (χ0) is 15.3. The lowest BCUT2D eigenvalue weighted by Gasteiger charge is -2.35. The van der Waals surface area contributed by atoms with E-state index < -0.39 is 5.41 Å². The molecule has 0 radical (unpaired) electrons. The molecule has 0 aromatic rings. The van der Waals surface area contributed by atoms with E-state index in [0.717, 1.165) is 50.5 Å². The van der Waals surface area contributed by atoms with Gasteiger partial charge in [0.2, 0.25) is 5.91 Å². The van der Waals surface area contributed by atoms with Crippen molar-refractivity contribution in [1.29, 1.82) is 0 Å². The SMILES string of the molecule is CC1CCC(CCNC(=O)C2(C(N)=S)CCCCC2)CC1. The molecule has 0 saturated heterocycles. The molecule has 21 heavy (non-hydrogen) atoms. The van der Waals surface area contributed by atoms with Gasteiger partial charge in [0.1, 0.15) is 0 Å². The van der Waals surface area contributed by atoms with Crippen molar-refractivity contribution >= 4 is 23.1 Å². The highest BCUT2D eigenvalue weighted by Crippen LogP contribution is 2.37. The number of rotatable bonds is 5. The molecule has 2 saturated carbocycles. The smallest absolute Gasteiger partial charge is 0.233 e. The van der Waals surface area contributed by atoms with E-state index in [2.05, 4.69) is 12.2 Å².